The first kappa shape index (κ1) is 21.6. The highest BCUT2D eigenvalue weighted by atomic mass is 19.4. The highest BCUT2D eigenvalue weighted by Crippen LogP contribution is 2.37. The van der Waals surface area contributed by atoms with Crippen LogP contribution in [-0.2, 0) is 9.31 Å². The quantitative estimate of drug-likeness (QED) is 0.727. The molecule has 1 aromatic rings. The zero-order chi connectivity index (χ0) is 20.6. The van der Waals surface area contributed by atoms with E-state index in [-0.39, 0.29) is 5.56 Å². The first-order chi connectivity index (χ1) is 12.3. The van der Waals surface area contributed by atoms with Crippen LogP contribution in [0.1, 0.15) is 51.9 Å². The molecule has 1 amide bonds. The largest absolute Gasteiger partial charge is 0.573 e. The number of nitrogens with zero attached hydrogens (tertiary/aromatic N) is 1. The van der Waals surface area contributed by atoms with Crippen LogP contribution < -0.4 is 10.2 Å². The first-order valence-electron chi connectivity index (χ1n) is 8.86. The number of rotatable bonds is 5. The van der Waals surface area contributed by atoms with Gasteiger partial charge >= 0.3 is 13.5 Å². The molecule has 2 rings (SSSR count). The van der Waals surface area contributed by atoms with E-state index in [1.54, 1.807) is 13.8 Å². The van der Waals surface area contributed by atoms with Crippen LogP contribution in [0.3, 0.4) is 0 Å². The van der Waals surface area contributed by atoms with Crippen molar-refractivity contribution in [2.45, 2.75) is 59.1 Å². The van der Waals surface area contributed by atoms with Crippen molar-refractivity contribution in [2.75, 3.05) is 13.1 Å². The average Bonchev–Trinajstić information content (AvgIpc) is 2.75. The normalized spacial score (nSPS) is 18.5. The summed E-state index contributed by atoms with van der Waals surface area (Å²) >= 11 is 0. The lowest BCUT2D eigenvalue weighted by Gasteiger charge is -2.32. The lowest BCUT2D eigenvalue weighted by molar-refractivity contribution is -0.274. The summed E-state index contributed by atoms with van der Waals surface area (Å²) in [6, 6.07) is 3.90. The lowest BCUT2D eigenvalue weighted by atomic mass is 9.78. The maximum atomic E-state index is 12.8. The van der Waals surface area contributed by atoms with E-state index in [0.29, 0.717) is 18.6 Å². The molecule has 0 radical (unpaired) electrons. The summed E-state index contributed by atoms with van der Waals surface area (Å²) in [6.07, 6.45) is -4.90. The smallest absolute Gasteiger partial charge is 0.405 e. The van der Waals surface area contributed by atoms with Gasteiger partial charge in [-0.15, -0.1) is 13.2 Å². The molecule has 5 nitrogen and oxygen atoms in total. The molecule has 1 fully saturated rings. The molecular formula is C18H25BF3NO4. The van der Waals surface area contributed by atoms with Crippen molar-refractivity contribution in [3.63, 3.8) is 0 Å². The zero-order valence-electron chi connectivity index (χ0n) is 16.4. The van der Waals surface area contributed by atoms with Gasteiger partial charge < -0.3 is 18.9 Å². The van der Waals surface area contributed by atoms with E-state index in [1.165, 1.54) is 17.0 Å². The Hall–Kier alpha value is -1.74. The van der Waals surface area contributed by atoms with Gasteiger partial charge in [-0.25, -0.2) is 0 Å². The van der Waals surface area contributed by atoms with Crippen molar-refractivity contribution in [3.8, 4) is 5.75 Å². The van der Waals surface area contributed by atoms with E-state index in [4.69, 9.17) is 9.31 Å². The molecule has 0 spiro atoms. The second-order valence-electron chi connectivity index (χ2n) is 7.37. The molecule has 0 saturated carbocycles. The van der Waals surface area contributed by atoms with Gasteiger partial charge in [0, 0.05) is 13.1 Å². The number of hydrogen-bond acceptors (Lipinski definition) is 4. The van der Waals surface area contributed by atoms with Crippen molar-refractivity contribution in [1.82, 2.24) is 4.90 Å². The number of alkyl halides is 3. The number of benzene rings is 1. The molecule has 1 aromatic carbocycles. The van der Waals surface area contributed by atoms with Crippen LogP contribution in [0.5, 0.6) is 5.75 Å². The Balaban J connectivity index is 2.45. The number of carbonyl (C=O) groups excluding carboxylic acids is 1. The SMILES string of the molecule is CCN(CC)C(=O)c1cc(B2OC(C)(C)C(C)(C)O2)ccc1OC(F)(F)F. The Labute approximate surface area is 157 Å². The average molecular weight is 387 g/mol. The van der Waals surface area contributed by atoms with Crippen LogP contribution in [0.2, 0.25) is 0 Å². The third kappa shape index (κ3) is 4.58. The summed E-state index contributed by atoms with van der Waals surface area (Å²) < 4.78 is 54.2. The van der Waals surface area contributed by atoms with Crippen LogP contribution >= 0.6 is 0 Å². The van der Waals surface area contributed by atoms with E-state index in [1.807, 2.05) is 27.7 Å². The number of hydrogen-bond donors (Lipinski definition) is 0. The fraction of sp³-hybridized carbons (Fsp3) is 0.611. The Bertz CT molecular complexity index is 686. The summed E-state index contributed by atoms with van der Waals surface area (Å²) in [5.41, 5.74) is -0.939. The third-order valence-electron chi connectivity index (χ3n) is 5.04. The molecule has 1 saturated heterocycles. The molecule has 0 N–H and O–H groups in total. The molecule has 27 heavy (non-hydrogen) atoms. The molecule has 0 aromatic heterocycles. The topological polar surface area (TPSA) is 48.0 Å². The van der Waals surface area contributed by atoms with E-state index < -0.39 is 36.3 Å². The molecule has 0 aliphatic carbocycles. The molecule has 1 heterocycles. The number of amides is 1. The molecule has 0 atom stereocenters. The van der Waals surface area contributed by atoms with Crippen molar-refractivity contribution in [3.05, 3.63) is 23.8 Å². The lowest BCUT2D eigenvalue weighted by Crippen LogP contribution is -2.41. The van der Waals surface area contributed by atoms with Gasteiger partial charge in [0.05, 0.1) is 16.8 Å². The molecule has 0 bridgehead atoms. The van der Waals surface area contributed by atoms with Crippen molar-refractivity contribution < 1.29 is 32.0 Å². The van der Waals surface area contributed by atoms with Crippen molar-refractivity contribution >= 4 is 18.5 Å². The van der Waals surface area contributed by atoms with Crippen LogP contribution in [0, 0.1) is 0 Å². The molecule has 9 heteroatoms. The Morgan fingerprint density at radius 1 is 1.11 bits per heavy atom. The summed E-state index contributed by atoms with van der Waals surface area (Å²) in [6.45, 7) is 11.7. The maximum Gasteiger partial charge on any atom is 0.573 e. The van der Waals surface area contributed by atoms with Gasteiger partial charge in [0.25, 0.3) is 5.91 Å². The van der Waals surface area contributed by atoms with Crippen LogP contribution in [0.25, 0.3) is 0 Å². The number of carbonyl (C=O) groups is 1. The standard InChI is InChI=1S/C18H25BF3NO4/c1-7-23(8-2)15(24)13-11-12(9-10-14(13)25-18(20,21)22)19-26-16(3,4)17(5,6)27-19/h9-11H,7-8H2,1-6H3. The monoisotopic (exact) mass is 387 g/mol. The van der Waals surface area contributed by atoms with E-state index in [0.717, 1.165) is 6.07 Å². The van der Waals surface area contributed by atoms with E-state index in [2.05, 4.69) is 4.74 Å². The third-order valence-corrected chi connectivity index (χ3v) is 5.04. The van der Waals surface area contributed by atoms with Gasteiger partial charge in [-0.2, -0.15) is 0 Å². The fourth-order valence-electron chi connectivity index (χ4n) is 2.74. The zero-order valence-corrected chi connectivity index (χ0v) is 16.4. The Kier molecular flexibility index (Phi) is 5.87. The van der Waals surface area contributed by atoms with Crippen LogP contribution in [0.4, 0.5) is 13.2 Å². The van der Waals surface area contributed by atoms with Gasteiger partial charge in [-0.3, -0.25) is 4.79 Å². The summed E-state index contributed by atoms with van der Waals surface area (Å²) in [7, 11) is -0.793. The minimum atomic E-state index is -4.90. The van der Waals surface area contributed by atoms with Gasteiger partial charge in [0.1, 0.15) is 5.75 Å². The highest BCUT2D eigenvalue weighted by molar-refractivity contribution is 6.62. The minimum absolute atomic E-state index is 0.178. The second kappa shape index (κ2) is 7.35. The summed E-state index contributed by atoms with van der Waals surface area (Å²) in [5, 5.41) is 0. The van der Waals surface area contributed by atoms with Crippen molar-refractivity contribution in [2.24, 2.45) is 0 Å². The van der Waals surface area contributed by atoms with Gasteiger partial charge in [-0.1, -0.05) is 6.07 Å². The highest BCUT2D eigenvalue weighted by Gasteiger charge is 2.52. The predicted octanol–water partition coefficient (Wildman–Crippen LogP) is 3.37. The fourth-order valence-corrected chi connectivity index (χ4v) is 2.74. The molecular weight excluding hydrogens is 362 g/mol. The van der Waals surface area contributed by atoms with E-state index in [9.17, 15) is 18.0 Å². The minimum Gasteiger partial charge on any atom is -0.405 e. The molecule has 150 valence electrons. The van der Waals surface area contributed by atoms with Crippen molar-refractivity contribution in [1.29, 1.82) is 0 Å². The summed E-state index contributed by atoms with van der Waals surface area (Å²) in [5.74, 6) is -1.09. The van der Waals surface area contributed by atoms with Gasteiger partial charge in [0.2, 0.25) is 0 Å². The second-order valence-corrected chi connectivity index (χ2v) is 7.37. The Morgan fingerprint density at radius 2 is 1.63 bits per heavy atom. The molecule has 1 aliphatic heterocycles. The molecule has 1 aliphatic rings. The number of halogens is 3. The Morgan fingerprint density at radius 3 is 2.07 bits per heavy atom. The van der Waals surface area contributed by atoms with E-state index >= 15 is 0 Å². The van der Waals surface area contributed by atoms with Gasteiger partial charge in [-0.05, 0) is 59.1 Å². The first-order valence-corrected chi connectivity index (χ1v) is 8.86. The summed E-state index contributed by atoms with van der Waals surface area (Å²) in [4.78, 5) is 14.2. The van der Waals surface area contributed by atoms with Gasteiger partial charge in [0.15, 0.2) is 0 Å². The van der Waals surface area contributed by atoms with Crippen LogP contribution in [0.15, 0.2) is 18.2 Å². The van der Waals surface area contributed by atoms with Crippen LogP contribution in [-0.4, -0.2) is 48.6 Å². The predicted molar refractivity (Wildman–Crippen MR) is 96.1 cm³/mol. The maximum absolute atomic E-state index is 12.8. The molecule has 0 unspecified atom stereocenters. The number of ether oxygens (including phenoxy) is 1.